The first-order chi connectivity index (χ1) is 34.1. The number of hydrogen-bond acceptors (Lipinski definition) is 10. The molecule has 374 valence electrons. The summed E-state index contributed by atoms with van der Waals surface area (Å²) in [7, 11) is 2.76. The first-order valence-corrected chi connectivity index (χ1v) is 25.0. The molecule has 3 heterocycles. The highest BCUT2D eigenvalue weighted by molar-refractivity contribution is 6.31. The number of pyridine rings is 1. The van der Waals surface area contributed by atoms with Gasteiger partial charge in [0.15, 0.2) is 0 Å². The zero-order valence-corrected chi connectivity index (χ0v) is 41.3. The number of ether oxygens (including phenoxy) is 3. The maximum absolute atomic E-state index is 14.6. The van der Waals surface area contributed by atoms with Crippen LogP contribution in [-0.4, -0.2) is 84.9 Å². The van der Waals surface area contributed by atoms with Crippen molar-refractivity contribution in [1.29, 1.82) is 0 Å². The van der Waals surface area contributed by atoms with Gasteiger partial charge in [0, 0.05) is 65.1 Å². The minimum absolute atomic E-state index is 0.0264. The van der Waals surface area contributed by atoms with Crippen molar-refractivity contribution in [3.05, 3.63) is 124 Å². The van der Waals surface area contributed by atoms with Gasteiger partial charge in [0.05, 0.1) is 26.5 Å². The lowest BCUT2D eigenvalue weighted by molar-refractivity contribution is -0.174. The number of alkyl halides is 3. The number of amides is 2. The van der Waals surface area contributed by atoms with Crippen LogP contribution in [0.1, 0.15) is 104 Å². The van der Waals surface area contributed by atoms with Crippen molar-refractivity contribution in [2.24, 2.45) is 17.8 Å². The number of benzene rings is 3. The molecular formula is C55H60ClF3N6O6. The van der Waals surface area contributed by atoms with E-state index in [1.807, 2.05) is 54.6 Å². The number of nitrogens with zero attached hydrogens (tertiary/aromatic N) is 5. The second kappa shape index (κ2) is 20.5. The number of hydrogen-bond donors (Lipinski definition) is 1. The van der Waals surface area contributed by atoms with E-state index in [1.54, 1.807) is 19.5 Å². The van der Waals surface area contributed by atoms with E-state index in [4.69, 9.17) is 30.8 Å². The lowest BCUT2D eigenvalue weighted by Crippen LogP contribution is -2.63. The predicted molar refractivity (Wildman–Crippen MR) is 265 cm³/mol. The van der Waals surface area contributed by atoms with Crippen molar-refractivity contribution < 1.29 is 41.8 Å². The number of aryl methyl sites for hydroxylation is 1. The number of aromatic nitrogens is 3. The molecule has 3 aliphatic carbocycles. The van der Waals surface area contributed by atoms with Crippen LogP contribution in [0.4, 0.5) is 24.8 Å². The van der Waals surface area contributed by atoms with E-state index in [1.165, 1.54) is 29.8 Å². The van der Waals surface area contributed by atoms with Crippen LogP contribution in [0.3, 0.4) is 0 Å². The molecule has 4 atom stereocenters. The topological polar surface area (TPSA) is 136 Å². The largest absolute Gasteiger partial charge is 0.496 e. The summed E-state index contributed by atoms with van der Waals surface area (Å²) >= 11 is 6.31. The number of nitrogens with one attached hydrogen (secondary N) is 1. The lowest BCUT2D eigenvalue weighted by atomic mass is 9.59. The highest BCUT2D eigenvalue weighted by Gasteiger charge is 2.60. The van der Waals surface area contributed by atoms with Crippen LogP contribution >= 0.6 is 11.6 Å². The summed E-state index contributed by atoms with van der Waals surface area (Å²) in [4.78, 5) is 58.6. The van der Waals surface area contributed by atoms with Gasteiger partial charge in [-0.15, -0.1) is 0 Å². The number of methoxy groups -OCH3 is 2. The van der Waals surface area contributed by atoms with Crippen molar-refractivity contribution >= 4 is 41.0 Å². The molecule has 3 aromatic carbocycles. The number of halogens is 4. The average molecular weight is 994 g/mol. The summed E-state index contributed by atoms with van der Waals surface area (Å²) in [5.74, 6) is -0.682. The number of carbonyl (C=O) groups excluding carboxylic acids is 3. The summed E-state index contributed by atoms with van der Waals surface area (Å²) in [6.45, 7) is 6.59. The summed E-state index contributed by atoms with van der Waals surface area (Å²) in [5.41, 5.74) is 3.51. The summed E-state index contributed by atoms with van der Waals surface area (Å²) in [6.07, 6.45) is 3.73. The first-order valence-electron chi connectivity index (χ1n) is 24.6. The molecule has 9 rings (SSSR count). The normalized spacial score (nSPS) is 23.1. The molecule has 12 nitrogen and oxygen atoms in total. The molecule has 4 aliphatic rings. The number of rotatable bonds is 14. The first kappa shape index (κ1) is 49.7. The number of carbonyl (C=O) groups is 3. The van der Waals surface area contributed by atoms with Crippen LogP contribution in [0.2, 0.25) is 5.02 Å². The summed E-state index contributed by atoms with van der Waals surface area (Å²) in [6, 6.07) is 22.8. The molecule has 2 aromatic heterocycles. The molecule has 1 aliphatic heterocycles. The number of anilines is 2. The van der Waals surface area contributed by atoms with Crippen molar-refractivity contribution in [3.8, 4) is 22.8 Å². The third-order valence-corrected chi connectivity index (χ3v) is 15.8. The Balaban J connectivity index is 0.967. The molecule has 2 amide bonds. The molecule has 1 saturated heterocycles. The predicted octanol–water partition coefficient (Wildman–Crippen LogP) is 10.5. The second-order valence-electron chi connectivity index (χ2n) is 19.9. The van der Waals surface area contributed by atoms with Crippen molar-refractivity contribution in [3.63, 3.8) is 0 Å². The molecule has 1 saturated carbocycles. The summed E-state index contributed by atoms with van der Waals surface area (Å²) in [5, 5.41) is 3.29. The molecule has 71 heavy (non-hydrogen) atoms. The van der Waals surface area contributed by atoms with E-state index in [0.29, 0.717) is 54.9 Å². The fourth-order valence-corrected chi connectivity index (χ4v) is 12.2. The molecule has 0 bridgehead atoms. The SMILES string of the molecule is COC(=O)C1(N(C(=O)C(F)(F)F)c2cccc(Cl)c2)CCC2(CC1)c1cc(C(=O)NCC3CCN(c4nccc(-c5ccccc5OC)n4)C3)ccc1C[C@@H]2C[C@@H](C)COc1ccnc2c1[C@H](C)CCC2. The minimum Gasteiger partial charge on any atom is -0.496 e. The molecule has 1 spiro atoms. The Morgan fingerprint density at radius 2 is 1.73 bits per heavy atom. The molecule has 16 heteroatoms. The Labute approximate surface area is 417 Å². The molecule has 1 unspecified atom stereocenters. The van der Waals surface area contributed by atoms with E-state index >= 15 is 0 Å². The van der Waals surface area contributed by atoms with Crippen LogP contribution in [0.5, 0.6) is 11.5 Å². The lowest BCUT2D eigenvalue weighted by Gasteiger charge is -2.51. The van der Waals surface area contributed by atoms with Crippen LogP contribution in [0.15, 0.2) is 91.3 Å². The fourth-order valence-electron chi connectivity index (χ4n) is 12.0. The third kappa shape index (κ3) is 9.90. The van der Waals surface area contributed by atoms with Crippen LogP contribution in [0.25, 0.3) is 11.3 Å². The Bertz CT molecular complexity index is 2780. The van der Waals surface area contributed by atoms with Crippen LogP contribution in [-0.2, 0) is 32.6 Å². The van der Waals surface area contributed by atoms with E-state index in [9.17, 15) is 27.6 Å². The van der Waals surface area contributed by atoms with Gasteiger partial charge >= 0.3 is 18.1 Å². The van der Waals surface area contributed by atoms with Gasteiger partial charge in [0.2, 0.25) is 5.95 Å². The number of esters is 1. The van der Waals surface area contributed by atoms with Gasteiger partial charge in [-0.1, -0.05) is 49.7 Å². The summed E-state index contributed by atoms with van der Waals surface area (Å²) < 4.78 is 61.3. The van der Waals surface area contributed by atoms with E-state index < -0.39 is 29.0 Å². The smallest absolute Gasteiger partial charge is 0.471 e. The number of fused-ring (bicyclic) bond motifs is 3. The quantitative estimate of drug-likeness (QED) is 0.107. The van der Waals surface area contributed by atoms with Crippen molar-refractivity contribution in [2.45, 2.75) is 101 Å². The van der Waals surface area contributed by atoms with Gasteiger partial charge in [-0.25, -0.2) is 14.8 Å². The zero-order chi connectivity index (χ0) is 50.1. The fraction of sp³-hybridized carbons (Fsp3) is 0.455. The Morgan fingerprint density at radius 3 is 2.49 bits per heavy atom. The monoisotopic (exact) mass is 992 g/mol. The van der Waals surface area contributed by atoms with Gasteiger partial charge in [-0.2, -0.15) is 13.2 Å². The van der Waals surface area contributed by atoms with E-state index in [2.05, 4.69) is 34.0 Å². The highest BCUT2D eigenvalue weighted by Crippen LogP contribution is 2.58. The van der Waals surface area contributed by atoms with Gasteiger partial charge in [-0.05, 0) is 159 Å². The maximum Gasteiger partial charge on any atom is 0.471 e. The zero-order valence-electron chi connectivity index (χ0n) is 40.6. The van der Waals surface area contributed by atoms with Crippen molar-refractivity contribution in [1.82, 2.24) is 20.3 Å². The molecular weight excluding hydrogens is 933 g/mol. The van der Waals surface area contributed by atoms with Gasteiger partial charge in [-0.3, -0.25) is 19.5 Å². The van der Waals surface area contributed by atoms with Gasteiger partial charge in [0.1, 0.15) is 17.0 Å². The Morgan fingerprint density at radius 1 is 0.944 bits per heavy atom. The Hall–Kier alpha value is -6.22. The highest BCUT2D eigenvalue weighted by atomic mass is 35.5. The average Bonchev–Trinajstić information content (AvgIpc) is 3.97. The van der Waals surface area contributed by atoms with E-state index in [0.717, 1.165) is 78.9 Å². The molecule has 2 fully saturated rings. The standard InChI is InChI=1S/C55H60ClF3N6O6/c1-34(33-71-47-18-25-60-45-13-7-9-35(2)48(45)47)27-39-28-37-15-16-38(49(66)62-31-36-19-26-64(32-36)52-61-24-17-44(63-52)42-12-5-6-14-46(42)69-3)29-43(37)53(39)20-22-54(23-21-53,51(68)70-4)65(50(67)55(57,58)59)41-11-8-10-40(56)30-41/h5-6,8,10-12,14-18,24-25,29-30,34-36,39H,7,9,13,19-23,26-28,31-33H2,1-4H3,(H,62,66)/t34-,35-,36?,39+,53?,54?/m1/s1. The van der Waals surface area contributed by atoms with Gasteiger partial charge < -0.3 is 24.4 Å². The van der Waals surface area contributed by atoms with Crippen LogP contribution < -0.4 is 24.6 Å². The van der Waals surface area contributed by atoms with Crippen molar-refractivity contribution in [2.75, 3.05) is 50.3 Å². The second-order valence-corrected chi connectivity index (χ2v) is 20.4. The van der Waals surface area contributed by atoms with Gasteiger partial charge in [0.25, 0.3) is 5.91 Å². The minimum atomic E-state index is -5.31. The molecule has 5 aromatic rings. The molecule has 0 radical (unpaired) electrons. The van der Waals surface area contributed by atoms with Crippen LogP contribution in [0, 0.1) is 17.8 Å². The third-order valence-electron chi connectivity index (χ3n) is 15.6. The number of para-hydroxylation sites is 1. The Kier molecular flexibility index (Phi) is 14.4. The maximum atomic E-state index is 14.6. The van der Waals surface area contributed by atoms with E-state index in [-0.39, 0.29) is 60.1 Å². The molecule has 1 N–H and O–H groups in total.